The van der Waals surface area contributed by atoms with Crippen molar-refractivity contribution in [2.75, 3.05) is 7.11 Å². The van der Waals surface area contributed by atoms with Crippen molar-refractivity contribution in [3.63, 3.8) is 0 Å². The molecule has 0 aliphatic carbocycles. The number of hydrogen-bond acceptors (Lipinski definition) is 2. The summed E-state index contributed by atoms with van der Waals surface area (Å²) in [5.41, 5.74) is -0.0205. The molecule has 0 radical (unpaired) electrons. The Labute approximate surface area is 97.4 Å². The molecule has 0 fully saturated rings. The van der Waals surface area contributed by atoms with Crippen molar-refractivity contribution in [2.45, 2.75) is 0 Å². The van der Waals surface area contributed by atoms with Crippen molar-refractivity contribution < 1.29 is 4.74 Å². The number of hydrogen-bond donors (Lipinski definition) is 0. The summed E-state index contributed by atoms with van der Waals surface area (Å²) in [6, 6.07) is 0. The van der Waals surface area contributed by atoms with Gasteiger partial charge in [0.05, 0.1) is 10.7 Å². The topological polar surface area (TPSA) is 31.2 Å². The highest BCUT2D eigenvalue weighted by Gasteiger charge is 2.10. The van der Waals surface area contributed by atoms with Crippen LogP contribution in [0.25, 0.3) is 0 Å². The van der Waals surface area contributed by atoms with Crippen LogP contribution in [0.15, 0.2) is 11.0 Å². The van der Waals surface area contributed by atoms with Gasteiger partial charge in [-0.15, -0.1) is 0 Å². The van der Waals surface area contributed by atoms with E-state index in [1.165, 1.54) is 0 Å². The van der Waals surface area contributed by atoms with Gasteiger partial charge in [0, 0.05) is 13.2 Å². The van der Waals surface area contributed by atoms with E-state index in [4.69, 9.17) is 4.74 Å². The van der Waals surface area contributed by atoms with Gasteiger partial charge in [-0.3, -0.25) is 4.79 Å². The van der Waals surface area contributed by atoms with Crippen LogP contribution in [-0.2, 0) is 7.05 Å². The van der Waals surface area contributed by atoms with Crippen molar-refractivity contribution >= 4 is 45.2 Å². The summed E-state index contributed by atoms with van der Waals surface area (Å²) in [5, 5.41) is 0. The van der Waals surface area contributed by atoms with Crippen molar-refractivity contribution in [1.29, 1.82) is 0 Å². The second-order valence-corrected chi connectivity index (χ2v) is 4.48. The number of halogens is 2. The second kappa shape index (κ2) is 3.95. The zero-order valence-electron chi connectivity index (χ0n) is 6.60. The second-order valence-electron chi connectivity index (χ2n) is 2.24. The van der Waals surface area contributed by atoms with E-state index in [-0.39, 0.29) is 5.56 Å². The van der Waals surface area contributed by atoms with Crippen molar-refractivity contribution in [3.05, 3.63) is 23.7 Å². The number of aryl methyl sites for hydroxylation is 1. The monoisotopic (exact) mass is 391 g/mol. The molecule has 0 aromatic carbocycles. The molecular formula is C7H7I2NO2. The lowest BCUT2D eigenvalue weighted by Crippen LogP contribution is -2.20. The summed E-state index contributed by atoms with van der Waals surface area (Å²) in [6.07, 6.45) is 1.75. The molecule has 66 valence electrons. The number of pyridine rings is 1. The van der Waals surface area contributed by atoms with Crippen LogP contribution in [0.3, 0.4) is 0 Å². The quantitative estimate of drug-likeness (QED) is 0.682. The molecule has 0 saturated carbocycles. The van der Waals surface area contributed by atoms with Gasteiger partial charge in [0.25, 0.3) is 5.56 Å². The molecule has 0 amide bonds. The molecule has 12 heavy (non-hydrogen) atoms. The third-order valence-electron chi connectivity index (χ3n) is 1.44. The van der Waals surface area contributed by atoms with Crippen LogP contribution in [0.1, 0.15) is 0 Å². The first-order chi connectivity index (χ1) is 5.57. The fraction of sp³-hybridized carbons (Fsp3) is 0.286. The molecule has 1 aromatic heterocycles. The van der Waals surface area contributed by atoms with Gasteiger partial charge >= 0.3 is 0 Å². The molecule has 0 saturated heterocycles. The van der Waals surface area contributed by atoms with E-state index in [0.29, 0.717) is 9.32 Å². The lowest BCUT2D eigenvalue weighted by molar-refractivity contribution is 0.406. The van der Waals surface area contributed by atoms with Gasteiger partial charge in [-0.2, -0.15) is 0 Å². The minimum absolute atomic E-state index is 0.0205. The SMILES string of the molecule is COc1c(I)cn(C)c(=O)c1I. The van der Waals surface area contributed by atoms with E-state index in [1.807, 2.05) is 22.6 Å². The van der Waals surface area contributed by atoms with Gasteiger partial charge in [0.2, 0.25) is 0 Å². The Morgan fingerprint density at radius 1 is 1.50 bits per heavy atom. The molecule has 0 unspecified atom stereocenters. The van der Waals surface area contributed by atoms with Gasteiger partial charge in [-0.1, -0.05) is 0 Å². The lowest BCUT2D eigenvalue weighted by atomic mass is 10.4. The van der Waals surface area contributed by atoms with E-state index in [9.17, 15) is 4.79 Å². The van der Waals surface area contributed by atoms with Crippen LogP contribution in [0.2, 0.25) is 0 Å². The zero-order valence-corrected chi connectivity index (χ0v) is 10.9. The Kier molecular flexibility index (Phi) is 3.38. The molecule has 5 heteroatoms. The van der Waals surface area contributed by atoms with Crippen LogP contribution in [0, 0.1) is 7.14 Å². The van der Waals surface area contributed by atoms with E-state index in [2.05, 4.69) is 22.6 Å². The molecule has 0 aliphatic heterocycles. The summed E-state index contributed by atoms with van der Waals surface area (Å²) in [7, 11) is 3.30. The maximum absolute atomic E-state index is 11.4. The Morgan fingerprint density at radius 2 is 2.08 bits per heavy atom. The van der Waals surface area contributed by atoms with Crippen molar-refractivity contribution in [1.82, 2.24) is 4.57 Å². The van der Waals surface area contributed by atoms with Crippen LogP contribution < -0.4 is 10.3 Å². The number of ether oxygens (including phenoxy) is 1. The van der Waals surface area contributed by atoms with Gasteiger partial charge < -0.3 is 9.30 Å². The van der Waals surface area contributed by atoms with Crippen LogP contribution in [0.5, 0.6) is 5.75 Å². The summed E-state index contributed by atoms with van der Waals surface area (Å²) < 4.78 is 8.21. The van der Waals surface area contributed by atoms with Crippen LogP contribution >= 0.6 is 45.2 Å². The highest BCUT2D eigenvalue weighted by Crippen LogP contribution is 2.23. The highest BCUT2D eigenvalue weighted by atomic mass is 127. The fourth-order valence-electron chi connectivity index (χ4n) is 0.831. The van der Waals surface area contributed by atoms with E-state index in [1.54, 1.807) is 24.9 Å². The van der Waals surface area contributed by atoms with E-state index < -0.39 is 0 Å². The number of methoxy groups -OCH3 is 1. The van der Waals surface area contributed by atoms with Gasteiger partial charge in [-0.05, 0) is 45.2 Å². The first kappa shape index (κ1) is 10.3. The maximum atomic E-state index is 11.4. The minimum atomic E-state index is -0.0205. The van der Waals surface area contributed by atoms with Crippen molar-refractivity contribution in [2.24, 2.45) is 7.05 Å². The average molecular weight is 391 g/mol. The van der Waals surface area contributed by atoms with Gasteiger partial charge in [0.1, 0.15) is 3.57 Å². The van der Waals surface area contributed by atoms with Gasteiger partial charge in [-0.25, -0.2) is 0 Å². The molecule has 0 spiro atoms. The molecule has 0 aliphatic rings. The smallest absolute Gasteiger partial charge is 0.267 e. The first-order valence-corrected chi connectivity index (χ1v) is 5.32. The lowest BCUT2D eigenvalue weighted by Gasteiger charge is -2.06. The molecule has 1 heterocycles. The molecule has 0 N–H and O–H groups in total. The number of nitrogens with zero attached hydrogens (tertiary/aromatic N) is 1. The summed E-state index contributed by atoms with van der Waals surface area (Å²) in [5.74, 6) is 0.666. The fourth-order valence-corrected chi connectivity index (χ4v) is 3.15. The third kappa shape index (κ3) is 1.76. The normalized spacial score (nSPS) is 10.0. The first-order valence-electron chi connectivity index (χ1n) is 3.16. The van der Waals surface area contributed by atoms with Crippen molar-refractivity contribution in [3.8, 4) is 5.75 Å². The van der Waals surface area contributed by atoms with E-state index in [0.717, 1.165) is 3.57 Å². The number of aromatic nitrogens is 1. The molecular weight excluding hydrogens is 384 g/mol. The zero-order chi connectivity index (χ0) is 9.30. The van der Waals surface area contributed by atoms with Crippen LogP contribution in [-0.4, -0.2) is 11.7 Å². The molecule has 0 atom stereocenters. The Bertz CT molecular complexity index is 359. The third-order valence-corrected chi connectivity index (χ3v) is 3.16. The molecule has 1 aromatic rings. The summed E-state index contributed by atoms with van der Waals surface area (Å²) >= 11 is 4.13. The minimum Gasteiger partial charge on any atom is -0.494 e. The van der Waals surface area contributed by atoms with Gasteiger partial charge in [0.15, 0.2) is 5.75 Å². The van der Waals surface area contributed by atoms with Crippen LogP contribution in [0.4, 0.5) is 0 Å². The summed E-state index contributed by atoms with van der Waals surface area (Å²) in [4.78, 5) is 11.4. The Balaban J connectivity index is 3.52. The summed E-state index contributed by atoms with van der Waals surface area (Å²) in [6.45, 7) is 0. The molecule has 0 bridgehead atoms. The predicted molar refractivity (Wildman–Crippen MR) is 63.7 cm³/mol. The standard InChI is InChI=1S/C7H7I2NO2/c1-10-3-4(8)6(12-2)5(9)7(10)11/h3H,1-2H3. The average Bonchev–Trinajstić information content (AvgIpc) is 2.01. The number of rotatable bonds is 1. The highest BCUT2D eigenvalue weighted by molar-refractivity contribution is 14.1. The Hall–Kier alpha value is 0.210. The maximum Gasteiger partial charge on any atom is 0.267 e. The van der Waals surface area contributed by atoms with E-state index >= 15 is 0 Å². The molecule has 3 nitrogen and oxygen atoms in total. The largest absolute Gasteiger partial charge is 0.494 e. The Morgan fingerprint density at radius 3 is 2.58 bits per heavy atom. The molecule has 1 rings (SSSR count). The predicted octanol–water partition coefficient (Wildman–Crippen LogP) is 1.60.